The quantitative estimate of drug-likeness (QED) is 0.195. The van der Waals surface area contributed by atoms with E-state index in [2.05, 4.69) is 9.57 Å². The summed E-state index contributed by atoms with van der Waals surface area (Å²) in [5.74, 6) is -1.28. The van der Waals surface area contributed by atoms with Gasteiger partial charge in [0.1, 0.15) is 23.5 Å². The summed E-state index contributed by atoms with van der Waals surface area (Å²) in [6.07, 6.45) is -5.79. The van der Waals surface area contributed by atoms with Crippen LogP contribution in [-0.4, -0.2) is 67.1 Å². The minimum Gasteiger partial charge on any atom is -0.453 e. The molecule has 168 valence electrons. The van der Waals surface area contributed by atoms with Crippen LogP contribution in [0.5, 0.6) is 5.75 Å². The van der Waals surface area contributed by atoms with Crippen LogP contribution >= 0.6 is 0 Å². The first-order chi connectivity index (χ1) is 14.7. The third-order valence-electron chi connectivity index (χ3n) is 4.33. The molecule has 0 radical (unpaired) electrons. The molecule has 2 fully saturated rings. The van der Waals surface area contributed by atoms with Gasteiger partial charge in [-0.1, -0.05) is 12.1 Å². The van der Waals surface area contributed by atoms with Crippen molar-refractivity contribution >= 4 is 18.1 Å². The van der Waals surface area contributed by atoms with Gasteiger partial charge in [0.25, 0.3) is 5.09 Å². The van der Waals surface area contributed by atoms with Crippen molar-refractivity contribution in [1.82, 2.24) is 0 Å². The van der Waals surface area contributed by atoms with Crippen LogP contribution in [-0.2, 0) is 33.3 Å². The first kappa shape index (κ1) is 22.2. The smallest absolute Gasteiger partial charge is 0.453 e. The summed E-state index contributed by atoms with van der Waals surface area (Å²) >= 11 is 0. The van der Waals surface area contributed by atoms with Crippen molar-refractivity contribution < 1.29 is 52.7 Å². The van der Waals surface area contributed by atoms with E-state index < -0.39 is 53.9 Å². The summed E-state index contributed by atoms with van der Waals surface area (Å²) in [4.78, 5) is 49.8. The monoisotopic (exact) mass is 441 g/mol. The first-order valence-corrected chi connectivity index (χ1v) is 9.14. The lowest BCUT2D eigenvalue weighted by Gasteiger charge is -2.18. The van der Waals surface area contributed by atoms with Crippen molar-refractivity contribution in [2.75, 3.05) is 13.2 Å². The van der Waals surface area contributed by atoms with E-state index in [4.69, 9.17) is 23.7 Å². The fourth-order valence-electron chi connectivity index (χ4n) is 3.14. The lowest BCUT2D eigenvalue weighted by molar-refractivity contribution is -0.777. The van der Waals surface area contributed by atoms with Crippen molar-refractivity contribution in [2.24, 2.45) is 0 Å². The molecule has 0 saturated carbocycles. The molecular weight excluding hydrogens is 422 g/mol. The normalized spacial score (nSPS) is 25.1. The van der Waals surface area contributed by atoms with Gasteiger partial charge in [0.15, 0.2) is 12.2 Å². The van der Waals surface area contributed by atoms with Gasteiger partial charge in [0.05, 0.1) is 13.2 Å². The van der Waals surface area contributed by atoms with Crippen LogP contribution in [0.4, 0.5) is 4.79 Å². The fourth-order valence-corrected chi connectivity index (χ4v) is 3.14. The van der Waals surface area contributed by atoms with Gasteiger partial charge in [-0.25, -0.2) is 9.59 Å². The number of fused-ring (bicyclic) bond motifs is 1. The maximum Gasteiger partial charge on any atom is 0.510 e. The number of esters is 2. The highest BCUT2D eigenvalue weighted by atomic mass is 17.0. The van der Waals surface area contributed by atoms with Crippen LogP contribution < -0.4 is 4.74 Å². The van der Waals surface area contributed by atoms with E-state index in [1.807, 2.05) is 0 Å². The van der Waals surface area contributed by atoms with E-state index in [1.54, 1.807) is 12.1 Å². The Labute approximate surface area is 175 Å². The molecule has 13 nitrogen and oxygen atoms in total. The molecule has 0 spiro atoms. The Morgan fingerprint density at radius 1 is 1.10 bits per heavy atom. The summed E-state index contributed by atoms with van der Waals surface area (Å²) in [7, 11) is 0. The van der Waals surface area contributed by atoms with E-state index in [0.29, 0.717) is 0 Å². The number of rotatable bonds is 7. The Hall–Kier alpha value is -3.45. The zero-order valence-corrected chi connectivity index (χ0v) is 16.5. The fraction of sp³-hybridized carbons (Fsp3) is 0.500. The first-order valence-electron chi connectivity index (χ1n) is 9.14. The predicted octanol–water partition coefficient (Wildman–Crippen LogP) is 1.01. The third kappa shape index (κ3) is 5.58. The second-order valence-corrected chi connectivity index (χ2v) is 6.55. The molecule has 2 aliphatic rings. The summed E-state index contributed by atoms with van der Waals surface area (Å²) in [5.41, 5.74) is 0.0512. The Morgan fingerprint density at radius 3 is 2.32 bits per heavy atom. The van der Waals surface area contributed by atoms with Gasteiger partial charge in [-0.3, -0.25) is 9.63 Å². The molecule has 5 atom stereocenters. The average molecular weight is 441 g/mol. The zero-order chi connectivity index (χ0) is 22.5. The van der Waals surface area contributed by atoms with E-state index in [1.165, 1.54) is 19.1 Å². The molecule has 1 aromatic carbocycles. The predicted molar refractivity (Wildman–Crippen MR) is 95.3 cm³/mol. The topological polar surface area (TPSA) is 159 Å². The number of nitrogens with zero attached hydrogens (tertiary/aromatic N) is 1. The number of carbonyl (C=O) groups excluding carboxylic acids is 3. The van der Waals surface area contributed by atoms with Gasteiger partial charge in [-0.05, 0) is 19.1 Å². The van der Waals surface area contributed by atoms with E-state index in [0.717, 1.165) is 6.92 Å². The Balaban J connectivity index is 1.56. The van der Waals surface area contributed by atoms with Crippen molar-refractivity contribution in [3.05, 3.63) is 39.9 Å². The highest BCUT2D eigenvalue weighted by molar-refractivity contribution is 5.93. The highest BCUT2D eigenvalue weighted by Crippen LogP contribution is 2.32. The van der Waals surface area contributed by atoms with Crippen LogP contribution in [0.15, 0.2) is 24.3 Å². The molecule has 2 saturated heterocycles. The molecule has 2 aliphatic heterocycles. The number of para-hydroxylation sites is 1. The van der Waals surface area contributed by atoms with Crippen LogP contribution in [0.3, 0.4) is 0 Å². The standard InChI is InChI=1S/C18H19NO12/c1-9(20)27-12-6-4-3-5-11(12)17(21)29-13-7-25-16-14(8-26-15(13)16)30-18(22)28-10(2)31-19(23)24/h3-6,10,13-16H,7-8H2,1-2H3/t10?,13-,14+,15?,16?/m0/s1. The van der Waals surface area contributed by atoms with Crippen molar-refractivity contribution in [2.45, 2.75) is 44.6 Å². The Morgan fingerprint density at radius 2 is 1.71 bits per heavy atom. The molecular formula is C18H19NO12. The molecule has 1 aromatic rings. The van der Waals surface area contributed by atoms with Gasteiger partial charge in [0, 0.05) is 6.92 Å². The summed E-state index contributed by atoms with van der Waals surface area (Å²) < 4.78 is 31.2. The summed E-state index contributed by atoms with van der Waals surface area (Å²) in [6, 6.07) is 6.09. The van der Waals surface area contributed by atoms with Crippen molar-refractivity contribution in [3.8, 4) is 5.75 Å². The number of benzene rings is 1. The van der Waals surface area contributed by atoms with Crippen LogP contribution in [0, 0.1) is 10.1 Å². The number of hydrogen-bond donors (Lipinski definition) is 0. The average Bonchev–Trinajstić information content (AvgIpc) is 3.24. The lowest BCUT2D eigenvalue weighted by atomic mass is 10.1. The number of ether oxygens (including phenoxy) is 6. The van der Waals surface area contributed by atoms with Gasteiger partial charge >= 0.3 is 18.1 Å². The second-order valence-electron chi connectivity index (χ2n) is 6.55. The molecule has 0 aliphatic carbocycles. The highest BCUT2D eigenvalue weighted by Gasteiger charge is 2.51. The molecule has 3 unspecified atom stereocenters. The Kier molecular flexibility index (Phi) is 6.87. The minimum atomic E-state index is -1.46. The molecule has 31 heavy (non-hydrogen) atoms. The van der Waals surface area contributed by atoms with E-state index in [-0.39, 0.29) is 24.5 Å². The summed E-state index contributed by atoms with van der Waals surface area (Å²) in [6.45, 7) is 2.27. The lowest BCUT2D eigenvalue weighted by Crippen LogP contribution is -2.36. The van der Waals surface area contributed by atoms with Crippen molar-refractivity contribution in [1.29, 1.82) is 0 Å². The molecule has 0 N–H and O–H groups in total. The maximum atomic E-state index is 12.6. The van der Waals surface area contributed by atoms with Gasteiger partial charge in [-0.2, -0.15) is 0 Å². The van der Waals surface area contributed by atoms with Crippen LogP contribution in [0.2, 0.25) is 0 Å². The zero-order valence-electron chi connectivity index (χ0n) is 16.5. The minimum absolute atomic E-state index is 0.0213. The van der Waals surface area contributed by atoms with Crippen molar-refractivity contribution in [3.63, 3.8) is 0 Å². The SMILES string of the molecule is CC(=O)Oc1ccccc1C(=O)O[C@H]1COC2C1OC[C@H]2OC(=O)OC(C)O[N+](=O)[O-]. The van der Waals surface area contributed by atoms with Gasteiger partial charge < -0.3 is 28.4 Å². The Bertz CT molecular complexity index is 858. The van der Waals surface area contributed by atoms with Gasteiger partial charge in [0.2, 0.25) is 6.29 Å². The molecule has 3 rings (SSSR count). The number of hydrogen-bond acceptors (Lipinski definition) is 12. The largest absolute Gasteiger partial charge is 0.510 e. The van der Waals surface area contributed by atoms with E-state index in [9.17, 15) is 24.5 Å². The molecule has 0 bridgehead atoms. The maximum absolute atomic E-state index is 12.6. The summed E-state index contributed by atoms with van der Waals surface area (Å²) in [5, 5.41) is 9.13. The molecule has 13 heteroatoms. The number of carbonyl (C=O) groups is 3. The molecule has 2 heterocycles. The van der Waals surface area contributed by atoms with Crippen LogP contribution in [0.1, 0.15) is 24.2 Å². The second kappa shape index (κ2) is 9.57. The molecule has 0 amide bonds. The molecule has 0 aromatic heterocycles. The van der Waals surface area contributed by atoms with E-state index >= 15 is 0 Å². The third-order valence-corrected chi connectivity index (χ3v) is 4.33. The van der Waals surface area contributed by atoms with Crippen LogP contribution in [0.25, 0.3) is 0 Å². The van der Waals surface area contributed by atoms with Gasteiger partial charge in [-0.15, -0.1) is 10.1 Å².